The lowest BCUT2D eigenvalue weighted by Gasteiger charge is -2.12. The summed E-state index contributed by atoms with van der Waals surface area (Å²) >= 11 is 6.03. The van der Waals surface area contributed by atoms with Gasteiger partial charge in [-0.25, -0.2) is 4.98 Å². The normalized spacial score (nSPS) is 18.0. The molecule has 25 heavy (non-hydrogen) atoms. The van der Waals surface area contributed by atoms with Crippen molar-refractivity contribution in [1.29, 1.82) is 0 Å². The summed E-state index contributed by atoms with van der Waals surface area (Å²) in [5.41, 5.74) is 2.74. The van der Waals surface area contributed by atoms with E-state index < -0.39 is 0 Å². The number of rotatable bonds is 3. The van der Waals surface area contributed by atoms with Gasteiger partial charge in [-0.15, -0.1) is 0 Å². The van der Waals surface area contributed by atoms with Crippen molar-refractivity contribution in [3.8, 4) is 11.4 Å². The third kappa shape index (κ3) is 3.45. The minimum Gasteiger partial charge on any atom is -0.348 e. The Hall–Kier alpha value is -1.81. The zero-order valence-electron chi connectivity index (χ0n) is 14.4. The highest BCUT2D eigenvalue weighted by molar-refractivity contribution is 6.30. The van der Waals surface area contributed by atoms with Gasteiger partial charge in [-0.1, -0.05) is 30.9 Å². The zero-order chi connectivity index (χ0) is 17.2. The van der Waals surface area contributed by atoms with Crippen LogP contribution in [0.1, 0.15) is 61.1 Å². The fourth-order valence-electron chi connectivity index (χ4n) is 4.04. The lowest BCUT2D eigenvalue weighted by Crippen LogP contribution is -2.33. The molecule has 1 fully saturated rings. The Morgan fingerprint density at radius 3 is 2.60 bits per heavy atom. The minimum atomic E-state index is -0.00207. The smallest absolute Gasteiger partial charge is 0.272 e. The fourth-order valence-corrected chi connectivity index (χ4v) is 4.17. The SMILES string of the molecule is O=C(NC1CCCC1)c1nc(-c2ccc(Cl)cc2)n2c1CCCCC2. The average molecular weight is 358 g/mol. The highest BCUT2D eigenvalue weighted by Crippen LogP contribution is 2.28. The van der Waals surface area contributed by atoms with Gasteiger partial charge in [-0.3, -0.25) is 4.79 Å². The van der Waals surface area contributed by atoms with Crippen LogP contribution in [0.3, 0.4) is 0 Å². The van der Waals surface area contributed by atoms with E-state index in [-0.39, 0.29) is 5.91 Å². The molecule has 0 spiro atoms. The number of nitrogens with one attached hydrogen (secondary N) is 1. The number of hydrogen-bond acceptors (Lipinski definition) is 2. The average Bonchev–Trinajstić information content (AvgIpc) is 3.17. The van der Waals surface area contributed by atoms with E-state index >= 15 is 0 Å². The Morgan fingerprint density at radius 1 is 1.08 bits per heavy atom. The number of aromatic nitrogens is 2. The van der Waals surface area contributed by atoms with Gasteiger partial charge in [0.15, 0.2) is 0 Å². The van der Waals surface area contributed by atoms with E-state index in [9.17, 15) is 4.79 Å². The van der Waals surface area contributed by atoms with E-state index in [2.05, 4.69) is 9.88 Å². The molecular formula is C20H24ClN3O. The van der Waals surface area contributed by atoms with Crippen LogP contribution >= 0.6 is 11.6 Å². The molecule has 0 atom stereocenters. The molecule has 1 aromatic heterocycles. The summed E-state index contributed by atoms with van der Waals surface area (Å²) in [7, 11) is 0. The Morgan fingerprint density at radius 2 is 1.84 bits per heavy atom. The maximum absolute atomic E-state index is 12.9. The molecule has 0 radical (unpaired) electrons. The summed E-state index contributed by atoms with van der Waals surface area (Å²) in [6.07, 6.45) is 8.98. The van der Waals surface area contributed by atoms with E-state index in [1.54, 1.807) is 0 Å². The lowest BCUT2D eigenvalue weighted by atomic mass is 10.1. The number of hydrogen-bond donors (Lipinski definition) is 1. The van der Waals surface area contributed by atoms with Gasteiger partial charge in [0.1, 0.15) is 11.5 Å². The van der Waals surface area contributed by atoms with Gasteiger partial charge in [0.2, 0.25) is 0 Å². The van der Waals surface area contributed by atoms with E-state index in [1.807, 2.05) is 24.3 Å². The molecule has 0 bridgehead atoms. The van der Waals surface area contributed by atoms with Crippen LogP contribution < -0.4 is 5.32 Å². The van der Waals surface area contributed by atoms with Gasteiger partial charge in [-0.05, 0) is 56.4 Å². The summed E-state index contributed by atoms with van der Waals surface area (Å²) in [6.45, 7) is 0.928. The van der Waals surface area contributed by atoms with Crippen LogP contribution in [-0.4, -0.2) is 21.5 Å². The van der Waals surface area contributed by atoms with Gasteiger partial charge in [-0.2, -0.15) is 0 Å². The van der Waals surface area contributed by atoms with Gasteiger partial charge >= 0.3 is 0 Å². The Bertz CT molecular complexity index is 760. The zero-order valence-corrected chi connectivity index (χ0v) is 15.2. The van der Waals surface area contributed by atoms with Crippen LogP contribution in [0, 0.1) is 0 Å². The highest BCUT2D eigenvalue weighted by atomic mass is 35.5. The van der Waals surface area contributed by atoms with Crippen LogP contribution in [0.4, 0.5) is 0 Å². The van der Waals surface area contributed by atoms with E-state index in [1.165, 1.54) is 19.3 Å². The van der Waals surface area contributed by atoms with Gasteiger partial charge < -0.3 is 9.88 Å². The molecule has 2 aromatic rings. The second-order valence-electron chi connectivity index (χ2n) is 7.15. The fraction of sp³-hybridized carbons (Fsp3) is 0.500. The van der Waals surface area contributed by atoms with E-state index in [0.29, 0.717) is 16.8 Å². The monoisotopic (exact) mass is 357 g/mol. The Balaban J connectivity index is 1.71. The summed E-state index contributed by atoms with van der Waals surface area (Å²) in [5.74, 6) is 0.892. The predicted molar refractivity (Wildman–Crippen MR) is 100.0 cm³/mol. The number of fused-ring (bicyclic) bond motifs is 1. The second-order valence-corrected chi connectivity index (χ2v) is 7.59. The van der Waals surface area contributed by atoms with Crippen molar-refractivity contribution < 1.29 is 4.79 Å². The maximum Gasteiger partial charge on any atom is 0.272 e. The first kappa shape index (κ1) is 16.6. The summed E-state index contributed by atoms with van der Waals surface area (Å²) in [6, 6.07) is 8.05. The number of halogens is 1. The summed E-state index contributed by atoms with van der Waals surface area (Å²) in [5, 5.41) is 3.92. The molecule has 2 heterocycles. The first-order valence-electron chi connectivity index (χ1n) is 9.38. The molecule has 132 valence electrons. The Kier molecular flexibility index (Phi) is 4.80. The Labute approximate surface area is 153 Å². The van der Waals surface area contributed by atoms with Crippen LogP contribution in [0.15, 0.2) is 24.3 Å². The first-order valence-corrected chi connectivity index (χ1v) is 9.76. The molecule has 4 rings (SSSR count). The molecule has 1 aromatic carbocycles. The number of amides is 1. The third-order valence-electron chi connectivity index (χ3n) is 5.38. The minimum absolute atomic E-state index is 0.00207. The number of carbonyl (C=O) groups is 1. The van der Waals surface area contributed by atoms with Crippen molar-refractivity contribution in [2.45, 2.75) is 64.0 Å². The molecule has 1 saturated carbocycles. The van der Waals surface area contributed by atoms with Crippen molar-refractivity contribution in [3.63, 3.8) is 0 Å². The molecule has 1 amide bonds. The maximum atomic E-state index is 12.9. The molecule has 1 aliphatic carbocycles. The van der Waals surface area contributed by atoms with Crippen molar-refractivity contribution in [2.24, 2.45) is 0 Å². The lowest BCUT2D eigenvalue weighted by molar-refractivity contribution is 0.0932. The van der Waals surface area contributed by atoms with Gasteiger partial charge in [0, 0.05) is 23.2 Å². The number of carbonyl (C=O) groups excluding carboxylic acids is 1. The van der Waals surface area contributed by atoms with Crippen molar-refractivity contribution >= 4 is 17.5 Å². The van der Waals surface area contributed by atoms with Crippen molar-refractivity contribution in [1.82, 2.24) is 14.9 Å². The highest BCUT2D eigenvalue weighted by Gasteiger charge is 2.26. The van der Waals surface area contributed by atoms with E-state index in [4.69, 9.17) is 16.6 Å². The molecule has 4 nitrogen and oxygen atoms in total. The molecule has 1 aliphatic heterocycles. The van der Waals surface area contributed by atoms with Crippen LogP contribution in [0.5, 0.6) is 0 Å². The topological polar surface area (TPSA) is 46.9 Å². The molecule has 2 aliphatic rings. The molecular weight excluding hydrogens is 334 g/mol. The summed E-state index contributed by atoms with van der Waals surface area (Å²) < 4.78 is 2.25. The van der Waals surface area contributed by atoms with Crippen LogP contribution in [0.2, 0.25) is 5.02 Å². The predicted octanol–water partition coefficient (Wildman–Crippen LogP) is 4.60. The number of benzene rings is 1. The van der Waals surface area contributed by atoms with Gasteiger partial charge in [0.05, 0.1) is 5.69 Å². The quantitative estimate of drug-likeness (QED) is 0.872. The summed E-state index contributed by atoms with van der Waals surface area (Å²) in [4.78, 5) is 17.7. The van der Waals surface area contributed by atoms with Crippen molar-refractivity contribution in [2.75, 3.05) is 0 Å². The van der Waals surface area contributed by atoms with E-state index in [0.717, 1.165) is 55.7 Å². The number of imidazole rings is 1. The standard InChI is InChI=1S/C20H24ClN3O/c21-15-11-9-14(10-12-15)19-23-18(17-8-2-1-5-13-24(17)19)20(25)22-16-6-3-4-7-16/h9-12,16H,1-8,13H2,(H,22,25). The van der Waals surface area contributed by atoms with Crippen LogP contribution in [-0.2, 0) is 13.0 Å². The molecule has 0 unspecified atom stereocenters. The number of nitrogens with zero attached hydrogens (tertiary/aromatic N) is 2. The molecule has 1 N–H and O–H groups in total. The third-order valence-corrected chi connectivity index (χ3v) is 5.63. The molecule has 5 heteroatoms. The van der Waals surface area contributed by atoms with Crippen molar-refractivity contribution in [3.05, 3.63) is 40.7 Å². The first-order chi connectivity index (χ1) is 12.2. The second kappa shape index (κ2) is 7.20. The largest absolute Gasteiger partial charge is 0.348 e. The van der Waals surface area contributed by atoms with Gasteiger partial charge in [0.25, 0.3) is 5.91 Å². The van der Waals surface area contributed by atoms with Crippen LogP contribution in [0.25, 0.3) is 11.4 Å². The molecule has 0 saturated heterocycles.